The monoisotopic (exact) mass is 268 g/mol. The molecule has 3 nitrogen and oxygen atoms in total. The van der Waals surface area contributed by atoms with Crippen LogP contribution in [0.25, 0.3) is 0 Å². The minimum absolute atomic E-state index is 0.179. The Labute approximate surface area is 111 Å². The van der Waals surface area contributed by atoms with Crippen LogP contribution in [0.3, 0.4) is 0 Å². The molecule has 2 N–H and O–H groups in total. The van der Waals surface area contributed by atoms with Crippen molar-refractivity contribution in [1.29, 1.82) is 0 Å². The van der Waals surface area contributed by atoms with Crippen LogP contribution < -0.4 is 10.6 Å². The quantitative estimate of drug-likeness (QED) is 0.820. The van der Waals surface area contributed by atoms with E-state index in [0.717, 1.165) is 30.0 Å². The number of rotatable bonds is 4. The predicted molar refractivity (Wildman–Crippen MR) is 75.9 cm³/mol. The predicted octanol–water partition coefficient (Wildman–Crippen LogP) is 1.90. The molecule has 1 aromatic rings. The standard InChI is InChI=1S/C12H16N2OS2/c13-7-9-2-3-11-10(6-9)14(4-1-5-16)12(15)8-17-11/h2-3,6,16H,1,4-5,7-8,13H2. The van der Waals surface area contributed by atoms with E-state index in [1.54, 1.807) is 11.8 Å². The number of carbonyl (C=O) groups excluding carboxylic acids is 1. The van der Waals surface area contributed by atoms with Gasteiger partial charge in [-0.05, 0) is 29.9 Å². The molecule has 0 bridgehead atoms. The van der Waals surface area contributed by atoms with Gasteiger partial charge in [0, 0.05) is 18.0 Å². The maximum atomic E-state index is 11.9. The SMILES string of the molecule is NCc1ccc2c(c1)N(CCCS)C(=O)CS2. The summed E-state index contributed by atoms with van der Waals surface area (Å²) in [4.78, 5) is 14.9. The van der Waals surface area contributed by atoms with E-state index in [4.69, 9.17) is 5.73 Å². The average Bonchev–Trinajstić information content (AvgIpc) is 2.37. The van der Waals surface area contributed by atoms with Crippen LogP contribution >= 0.6 is 24.4 Å². The molecule has 1 aliphatic heterocycles. The number of benzene rings is 1. The second-order valence-corrected chi connectivity index (χ2v) is 5.38. The van der Waals surface area contributed by atoms with Crippen molar-refractivity contribution < 1.29 is 4.79 Å². The van der Waals surface area contributed by atoms with Crippen LogP contribution in [0.4, 0.5) is 5.69 Å². The van der Waals surface area contributed by atoms with Gasteiger partial charge in [0.15, 0.2) is 0 Å². The minimum Gasteiger partial charge on any atom is -0.326 e. The fourth-order valence-electron chi connectivity index (χ4n) is 1.85. The first-order valence-corrected chi connectivity index (χ1v) is 7.25. The van der Waals surface area contributed by atoms with Gasteiger partial charge in [0.25, 0.3) is 0 Å². The Hall–Kier alpha value is -0.650. The van der Waals surface area contributed by atoms with Gasteiger partial charge in [0.05, 0.1) is 11.4 Å². The lowest BCUT2D eigenvalue weighted by atomic mass is 10.1. The third kappa shape index (κ3) is 2.78. The highest BCUT2D eigenvalue weighted by Gasteiger charge is 2.24. The Kier molecular flexibility index (Phi) is 4.36. The zero-order valence-corrected chi connectivity index (χ0v) is 11.3. The molecule has 0 saturated heterocycles. The Morgan fingerprint density at radius 3 is 3.00 bits per heavy atom. The molecule has 2 rings (SSSR count). The van der Waals surface area contributed by atoms with Crippen LogP contribution in [0.5, 0.6) is 0 Å². The van der Waals surface area contributed by atoms with E-state index >= 15 is 0 Å². The second kappa shape index (κ2) is 5.80. The van der Waals surface area contributed by atoms with Crippen molar-refractivity contribution in [3.05, 3.63) is 23.8 Å². The Balaban J connectivity index is 2.31. The molecule has 0 aliphatic carbocycles. The van der Waals surface area contributed by atoms with Crippen LogP contribution in [0, 0.1) is 0 Å². The Bertz CT molecular complexity index is 423. The fraction of sp³-hybridized carbons (Fsp3) is 0.417. The van der Waals surface area contributed by atoms with E-state index in [9.17, 15) is 4.79 Å². The van der Waals surface area contributed by atoms with E-state index in [1.165, 1.54) is 4.90 Å². The maximum Gasteiger partial charge on any atom is 0.237 e. The van der Waals surface area contributed by atoms with E-state index in [0.29, 0.717) is 12.3 Å². The number of carbonyl (C=O) groups is 1. The maximum absolute atomic E-state index is 11.9. The minimum atomic E-state index is 0.179. The summed E-state index contributed by atoms with van der Waals surface area (Å²) in [5, 5.41) is 0. The van der Waals surface area contributed by atoms with E-state index < -0.39 is 0 Å². The summed E-state index contributed by atoms with van der Waals surface area (Å²) in [5.41, 5.74) is 7.72. The summed E-state index contributed by atoms with van der Waals surface area (Å²) in [6, 6.07) is 6.11. The first-order chi connectivity index (χ1) is 8.26. The van der Waals surface area contributed by atoms with Gasteiger partial charge in [-0.2, -0.15) is 12.6 Å². The van der Waals surface area contributed by atoms with Gasteiger partial charge in [-0.15, -0.1) is 11.8 Å². The zero-order valence-electron chi connectivity index (χ0n) is 9.56. The third-order valence-electron chi connectivity index (χ3n) is 2.74. The Morgan fingerprint density at radius 1 is 1.47 bits per heavy atom. The molecule has 0 fully saturated rings. The van der Waals surface area contributed by atoms with E-state index in [1.807, 2.05) is 17.0 Å². The number of nitrogens with zero attached hydrogens (tertiary/aromatic N) is 1. The fourth-order valence-corrected chi connectivity index (χ4v) is 2.91. The zero-order chi connectivity index (χ0) is 12.3. The molecule has 0 radical (unpaired) electrons. The molecule has 5 heteroatoms. The van der Waals surface area contributed by atoms with Gasteiger partial charge in [0.1, 0.15) is 0 Å². The number of nitrogens with two attached hydrogens (primary N) is 1. The summed E-state index contributed by atoms with van der Waals surface area (Å²) >= 11 is 5.80. The number of thioether (sulfide) groups is 1. The number of anilines is 1. The van der Waals surface area contributed by atoms with Crippen molar-refractivity contribution in [3.63, 3.8) is 0 Å². The largest absolute Gasteiger partial charge is 0.326 e. The lowest BCUT2D eigenvalue weighted by Gasteiger charge is -2.29. The van der Waals surface area contributed by atoms with Crippen molar-refractivity contribution in [1.82, 2.24) is 0 Å². The second-order valence-electron chi connectivity index (χ2n) is 3.92. The Morgan fingerprint density at radius 2 is 2.29 bits per heavy atom. The third-order valence-corrected chi connectivity index (χ3v) is 4.11. The van der Waals surface area contributed by atoms with Crippen molar-refractivity contribution in [2.75, 3.05) is 23.0 Å². The lowest BCUT2D eigenvalue weighted by molar-refractivity contribution is -0.116. The smallest absolute Gasteiger partial charge is 0.237 e. The van der Waals surface area contributed by atoms with Gasteiger partial charge in [-0.3, -0.25) is 4.79 Å². The van der Waals surface area contributed by atoms with Gasteiger partial charge in [0.2, 0.25) is 5.91 Å². The number of hydrogen-bond acceptors (Lipinski definition) is 4. The lowest BCUT2D eigenvalue weighted by Crippen LogP contribution is -2.36. The summed E-state index contributed by atoms with van der Waals surface area (Å²) in [6.45, 7) is 1.25. The molecule has 1 aliphatic rings. The normalized spacial score (nSPS) is 14.9. The van der Waals surface area contributed by atoms with Gasteiger partial charge >= 0.3 is 0 Å². The highest BCUT2D eigenvalue weighted by atomic mass is 32.2. The molecule has 1 aromatic carbocycles. The molecule has 0 unspecified atom stereocenters. The van der Waals surface area contributed by atoms with Crippen LogP contribution in [0.15, 0.2) is 23.1 Å². The van der Waals surface area contributed by atoms with E-state index in [-0.39, 0.29) is 5.91 Å². The number of hydrogen-bond donors (Lipinski definition) is 2. The van der Waals surface area contributed by atoms with E-state index in [2.05, 4.69) is 18.7 Å². The summed E-state index contributed by atoms with van der Waals surface area (Å²) in [5.74, 6) is 1.50. The van der Waals surface area contributed by atoms with Crippen LogP contribution in [-0.2, 0) is 11.3 Å². The van der Waals surface area contributed by atoms with Gasteiger partial charge < -0.3 is 10.6 Å². The van der Waals surface area contributed by atoms with Crippen molar-refractivity contribution >= 4 is 36.0 Å². The van der Waals surface area contributed by atoms with Crippen molar-refractivity contribution in [3.8, 4) is 0 Å². The summed E-state index contributed by atoms with van der Waals surface area (Å²) in [7, 11) is 0. The van der Waals surface area contributed by atoms with Crippen LogP contribution in [-0.4, -0.2) is 24.0 Å². The molecule has 0 spiro atoms. The van der Waals surface area contributed by atoms with Crippen LogP contribution in [0.1, 0.15) is 12.0 Å². The first-order valence-electron chi connectivity index (χ1n) is 5.63. The molecule has 92 valence electrons. The van der Waals surface area contributed by atoms with Gasteiger partial charge in [-0.25, -0.2) is 0 Å². The number of amides is 1. The number of thiol groups is 1. The highest BCUT2D eigenvalue weighted by molar-refractivity contribution is 8.00. The van der Waals surface area contributed by atoms with Crippen molar-refractivity contribution in [2.45, 2.75) is 17.9 Å². The van der Waals surface area contributed by atoms with Gasteiger partial charge in [-0.1, -0.05) is 6.07 Å². The molecule has 0 atom stereocenters. The first kappa shape index (κ1) is 12.8. The summed E-state index contributed by atoms with van der Waals surface area (Å²) < 4.78 is 0. The molecule has 1 heterocycles. The van der Waals surface area contributed by atoms with Crippen molar-refractivity contribution in [2.24, 2.45) is 5.73 Å². The molecular weight excluding hydrogens is 252 g/mol. The summed E-state index contributed by atoms with van der Waals surface area (Å²) in [6.07, 6.45) is 0.909. The molecule has 1 amide bonds. The molecule has 0 aromatic heterocycles. The molecular formula is C12H16N2OS2. The molecule has 17 heavy (non-hydrogen) atoms. The molecule has 0 saturated carbocycles. The average molecular weight is 268 g/mol. The number of fused-ring (bicyclic) bond motifs is 1. The topological polar surface area (TPSA) is 46.3 Å². The van der Waals surface area contributed by atoms with Crippen LogP contribution in [0.2, 0.25) is 0 Å². The highest BCUT2D eigenvalue weighted by Crippen LogP contribution is 2.35.